The van der Waals surface area contributed by atoms with Crippen LogP contribution in [0.2, 0.25) is 0 Å². The van der Waals surface area contributed by atoms with Crippen LogP contribution in [-0.2, 0) is 9.53 Å². The first kappa shape index (κ1) is 25.6. The predicted molar refractivity (Wildman–Crippen MR) is 138 cm³/mol. The van der Waals surface area contributed by atoms with Crippen LogP contribution < -0.4 is 5.43 Å². The molecule has 0 radical (unpaired) electrons. The fourth-order valence-corrected chi connectivity index (χ4v) is 9.13. The molecule has 0 spiro atoms. The third kappa shape index (κ3) is 3.62. The first-order valence-electron chi connectivity index (χ1n) is 13.9. The lowest BCUT2D eigenvalue weighted by atomic mass is 9.41. The van der Waals surface area contributed by atoms with Crippen LogP contribution in [0.25, 0.3) is 0 Å². The van der Waals surface area contributed by atoms with Gasteiger partial charge in [-0.3, -0.25) is 9.78 Å². The summed E-state index contributed by atoms with van der Waals surface area (Å²) in [6.07, 6.45) is 11.2. The minimum Gasteiger partial charge on any atom is -0.458 e. The third-order valence-corrected chi connectivity index (χ3v) is 11.0. The van der Waals surface area contributed by atoms with Crippen molar-refractivity contribution in [1.29, 1.82) is 0 Å². The molecule has 204 valence electrons. The third-order valence-electron chi connectivity index (χ3n) is 11.0. The molecule has 4 N–H and O–H groups in total. The number of cyclic esters (lactones) is 1. The summed E-state index contributed by atoms with van der Waals surface area (Å²) in [6.45, 7) is 2.46. The number of pyridine rings is 1. The van der Waals surface area contributed by atoms with Crippen LogP contribution in [0, 0.1) is 28.6 Å². The number of hydrogen-bond donors (Lipinski definition) is 4. The molecule has 2 heterocycles. The Morgan fingerprint density at radius 2 is 1.87 bits per heavy atom. The molecule has 8 atom stereocenters. The van der Waals surface area contributed by atoms with Gasteiger partial charge in [-0.25, -0.2) is 10.2 Å². The highest BCUT2D eigenvalue weighted by atomic mass is 16.5. The van der Waals surface area contributed by atoms with Gasteiger partial charge < -0.3 is 20.1 Å². The molecule has 38 heavy (non-hydrogen) atoms. The molecular formula is C29H37N3O6. The number of fused-ring (bicyclic) bond motifs is 5. The maximum Gasteiger partial charge on any atom is 0.331 e. The van der Waals surface area contributed by atoms with Gasteiger partial charge in [-0.1, -0.05) is 6.92 Å². The van der Waals surface area contributed by atoms with Crippen LogP contribution in [0.4, 0.5) is 0 Å². The number of carbonyl (C=O) groups is 2. The summed E-state index contributed by atoms with van der Waals surface area (Å²) >= 11 is 0. The monoisotopic (exact) mass is 523 g/mol. The zero-order chi connectivity index (χ0) is 26.8. The van der Waals surface area contributed by atoms with Gasteiger partial charge in [0, 0.05) is 47.5 Å². The van der Waals surface area contributed by atoms with Crippen molar-refractivity contribution >= 4 is 18.1 Å². The van der Waals surface area contributed by atoms with Crippen LogP contribution in [0.5, 0.6) is 0 Å². The Bertz CT molecular complexity index is 1190. The maximum absolute atomic E-state index is 12.7. The van der Waals surface area contributed by atoms with Gasteiger partial charge in [-0.15, -0.1) is 0 Å². The van der Waals surface area contributed by atoms with E-state index in [1.165, 1.54) is 0 Å². The number of hydrazone groups is 1. The molecular weight excluding hydrogens is 486 g/mol. The van der Waals surface area contributed by atoms with Crippen molar-refractivity contribution in [2.75, 3.05) is 6.61 Å². The van der Waals surface area contributed by atoms with E-state index in [0.717, 1.165) is 24.8 Å². The van der Waals surface area contributed by atoms with E-state index < -0.39 is 28.1 Å². The molecule has 0 saturated heterocycles. The number of esters is 1. The quantitative estimate of drug-likeness (QED) is 0.270. The first-order chi connectivity index (χ1) is 18.1. The van der Waals surface area contributed by atoms with Crippen LogP contribution >= 0.6 is 0 Å². The molecule has 1 aliphatic heterocycles. The Balaban J connectivity index is 1.33. The number of hydrogen-bond acceptors (Lipinski definition) is 8. The summed E-state index contributed by atoms with van der Waals surface area (Å²) in [7, 11) is 0. The molecule has 5 aliphatic rings. The average molecular weight is 524 g/mol. The van der Waals surface area contributed by atoms with Crippen molar-refractivity contribution in [2.45, 2.75) is 82.0 Å². The highest BCUT2D eigenvalue weighted by Gasteiger charge is 2.71. The zero-order valence-corrected chi connectivity index (χ0v) is 21.8. The molecule has 4 saturated carbocycles. The molecule has 4 fully saturated rings. The summed E-state index contributed by atoms with van der Waals surface area (Å²) in [4.78, 5) is 28.4. The Morgan fingerprint density at radius 1 is 1.11 bits per heavy atom. The van der Waals surface area contributed by atoms with Gasteiger partial charge in [0.25, 0.3) is 5.91 Å². The van der Waals surface area contributed by atoms with E-state index in [1.54, 1.807) is 36.8 Å². The van der Waals surface area contributed by atoms with E-state index >= 15 is 0 Å². The van der Waals surface area contributed by atoms with Gasteiger partial charge in [-0.05, 0) is 86.8 Å². The molecule has 1 amide bonds. The summed E-state index contributed by atoms with van der Waals surface area (Å²) in [5.74, 6) is -0.703. The summed E-state index contributed by atoms with van der Waals surface area (Å²) in [6, 6.07) is 3.22. The Labute approximate surface area is 222 Å². The Hall–Kier alpha value is -2.62. The van der Waals surface area contributed by atoms with E-state index in [2.05, 4.69) is 22.4 Å². The van der Waals surface area contributed by atoms with Gasteiger partial charge in [0.2, 0.25) is 0 Å². The number of nitrogens with one attached hydrogen (secondary N) is 1. The maximum atomic E-state index is 12.7. The number of nitrogens with zero attached hydrogens (tertiary/aromatic N) is 2. The number of amides is 1. The average Bonchev–Trinajstić information content (AvgIpc) is 3.44. The van der Waals surface area contributed by atoms with Gasteiger partial charge in [0.1, 0.15) is 6.61 Å². The van der Waals surface area contributed by atoms with Crippen LogP contribution in [-0.4, -0.2) is 62.3 Å². The fourth-order valence-electron chi connectivity index (χ4n) is 9.13. The molecule has 0 aromatic carbocycles. The first-order valence-corrected chi connectivity index (χ1v) is 13.9. The summed E-state index contributed by atoms with van der Waals surface area (Å²) in [5, 5.41) is 39.4. The zero-order valence-electron chi connectivity index (χ0n) is 21.8. The van der Waals surface area contributed by atoms with Crippen molar-refractivity contribution in [2.24, 2.45) is 33.7 Å². The normalized spacial score (nSPS) is 44.1. The minimum absolute atomic E-state index is 0.0532. The largest absolute Gasteiger partial charge is 0.458 e. The fraction of sp³-hybridized carbons (Fsp3) is 0.655. The minimum atomic E-state index is -1.17. The summed E-state index contributed by atoms with van der Waals surface area (Å²) < 4.78 is 5.22. The lowest BCUT2D eigenvalue weighted by molar-refractivity contribution is -0.237. The van der Waals surface area contributed by atoms with Crippen LogP contribution in [0.1, 0.15) is 75.1 Å². The number of rotatable bonds is 4. The molecule has 8 unspecified atom stereocenters. The lowest BCUT2D eigenvalue weighted by Gasteiger charge is -2.65. The van der Waals surface area contributed by atoms with E-state index in [9.17, 15) is 24.9 Å². The van der Waals surface area contributed by atoms with Crippen LogP contribution in [0.3, 0.4) is 0 Å². The van der Waals surface area contributed by atoms with E-state index in [1.807, 2.05) is 0 Å². The van der Waals surface area contributed by atoms with Crippen molar-refractivity contribution in [1.82, 2.24) is 10.4 Å². The van der Waals surface area contributed by atoms with Gasteiger partial charge in [0.15, 0.2) is 0 Å². The number of ether oxygens (including phenoxy) is 1. The van der Waals surface area contributed by atoms with Gasteiger partial charge in [-0.2, -0.15) is 5.10 Å². The molecule has 1 aromatic rings. The number of aliphatic hydroxyl groups is 3. The number of carbonyl (C=O) groups excluding carboxylic acids is 2. The lowest BCUT2D eigenvalue weighted by Crippen LogP contribution is -2.68. The smallest absolute Gasteiger partial charge is 0.331 e. The predicted octanol–water partition coefficient (Wildman–Crippen LogP) is 2.51. The number of aromatic nitrogens is 1. The summed E-state index contributed by atoms with van der Waals surface area (Å²) in [5.41, 5.74) is 0.743. The molecule has 0 bridgehead atoms. The highest BCUT2D eigenvalue weighted by Crippen LogP contribution is 2.70. The molecule has 9 nitrogen and oxygen atoms in total. The van der Waals surface area contributed by atoms with E-state index in [0.29, 0.717) is 44.3 Å². The Morgan fingerprint density at radius 3 is 2.61 bits per heavy atom. The topological polar surface area (TPSA) is 141 Å². The molecule has 6 rings (SSSR count). The molecule has 9 heteroatoms. The van der Waals surface area contributed by atoms with Crippen molar-refractivity contribution < 1.29 is 29.6 Å². The van der Waals surface area contributed by atoms with Crippen molar-refractivity contribution in [3.05, 3.63) is 41.7 Å². The molecule has 1 aromatic heterocycles. The Kier molecular flexibility index (Phi) is 6.05. The van der Waals surface area contributed by atoms with Gasteiger partial charge >= 0.3 is 5.97 Å². The molecule has 4 aliphatic carbocycles. The SMILES string of the molecule is CC12CCC3C(CCC4(O)CC(O)CCC34C=NNC(=O)c3ccncc3)C1(O)CCC2C1=CC(=O)OC1. The van der Waals surface area contributed by atoms with E-state index in [4.69, 9.17) is 4.74 Å². The second-order valence-electron chi connectivity index (χ2n) is 12.5. The van der Waals surface area contributed by atoms with E-state index in [-0.39, 0.29) is 36.1 Å². The second kappa shape index (κ2) is 8.96. The van der Waals surface area contributed by atoms with Crippen LogP contribution in [0.15, 0.2) is 41.3 Å². The number of aliphatic hydroxyl groups excluding tert-OH is 1. The van der Waals surface area contributed by atoms with Crippen molar-refractivity contribution in [3.63, 3.8) is 0 Å². The van der Waals surface area contributed by atoms with Gasteiger partial charge in [0.05, 0.1) is 17.3 Å². The second-order valence-corrected chi connectivity index (χ2v) is 12.5. The van der Waals surface area contributed by atoms with Crippen molar-refractivity contribution in [3.8, 4) is 0 Å². The standard InChI is InChI=1S/C29H37N3O6/c1-26-8-3-22-23(29(26,37)11-5-21(26)19-14-24(34)38-16-19)4-10-28(36)15-20(33)2-9-27(22,28)17-31-32-25(35)18-6-12-30-13-7-18/h6-7,12-14,17,20-23,33,36-37H,2-5,8-11,15-16H2,1H3,(H,32,35). The highest BCUT2D eigenvalue weighted by molar-refractivity contribution is 5.94.